The van der Waals surface area contributed by atoms with Crippen LogP contribution in [-0.2, 0) is 6.54 Å². The molecule has 1 atom stereocenters. The largest absolute Gasteiger partial charge is 0.332 e. The fraction of sp³-hybridized carbons (Fsp3) is 0.176. The minimum Gasteiger partial charge on any atom is -0.332 e. The Labute approximate surface area is 139 Å². The topological polar surface area (TPSA) is 84.7 Å². The van der Waals surface area contributed by atoms with Crippen molar-refractivity contribution in [3.63, 3.8) is 0 Å². The molecule has 0 aliphatic heterocycles. The van der Waals surface area contributed by atoms with Crippen molar-refractivity contribution in [1.29, 1.82) is 0 Å². The maximum atomic E-state index is 12.0. The van der Waals surface area contributed by atoms with Crippen LogP contribution in [0.3, 0.4) is 0 Å². The molecule has 24 heavy (non-hydrogen) atoms. The monoisotopic (exact) mass is 322 g/mol. The first-order chi connectivity index (χ1) is 11.7. The van der Waals surface area contributed by atoms with Gasteiger partial charge in [-0.2, -0.15) is 5.10 Å². The van der Waals surface area contributed by atoms with Gasteiger partial charge in [0.2, 0.25) is 0 Å². The van der Waals surface area contributed by atoms with E-state index in [-0.39, 0.29) is 12.1 Å². The highest BCUT2D eigenvalue weighted by Crippen LogP contribution is 2.15. The van der Waals surface area contributed by atoms with Crippen LogP contribution in [0.5, 0.6) is 0 Å². The van der Waals surface area contributed by atoms with E-state index >= 15 is 0 Å². The van der Waals surface area contributed by atoms with Crippen LogP contribution in [0.4, 0.5) is 4.79 Å². The summed E-state index contributed by atoms with van der Waals surface area (Å²) in [5.41, 5.74) is 2.74. The Hall–Kier alpha value is -3.22. The summed E-state index contributed by atoms with van der Waals surface area (Å²) in [5.74, 6) is 0. The number of urea groups is 1. The van der Waals surface area contributed by atoms with Crippen LogP contribution in [0.15, 0.2) is 61.3 Å². The Morgan fingerprint density at radius 3 is 2.71 bits per heavy atom. The number of pyridine rings is 1. The molecule has 3 rings (SSSR count). The average molecular weight is 322 g/mol. The second-order valence-electron chi connectivity index (χ2n) is 5.30. The Morgan fingerprint density at radius 1 is 1.21 bits per heavy atom. The Morgan fingerprint density at radius 2 is 2.04 bits per heavy atom. The van der Waals surface area contributed by atoms with Crippen molar-refractivity contribution in [3.05, 3.63) is 72.6 Å². The summed E-state index contributed by atoms with van der Waals surface area (Å²) in [6, 6.07) is 13.1. The molecule has 0 bridgehead atoms. The molecule has 7 heteroatoms. The molecule has 0 aliphatic carbocycles. The number of carbonyl (C=O) groups excluding carboxylic acids is 1. The summed E-state index contributed by atoms with van der Waals surface area (Å²) in [5, 5.41) is 9.79. The summed E-state index contributed by atoms with van der Waals surface area (Å²) in [6.07, 6.45) is 4.83. The molecule has 0 spiro atoms. The minimum atomic E-state index is -0.228. The van der Waals surface area contributed by atoms with Gasteiger partial charge in [0.05, 0.1) is 24.0 Å². The highest BCUT2D eigenvalue weighted by atomic mass is 16.2. The molecule has 3 aromatic rings. The zero-order chi connectivity index (χ0) is 16.8. The van der Waals surface area contributed by atoms with E-state index in [9.17, 15) is 4.79 Å². The van der Waals surface area contributed by atoms with E-state index in [0.717, 1.165) is 16.9 Å². The highest BCUT2D eigenvalue weighted by Gasteiger charge is 2.09. The van der Waals surface area contributed by atoms with Crippen molar-refractivity contribution in [2.45, 2.75) is 19.5 Å². The van der Waals surface area contributed by atoms with Crippen LogP contribution in [-0.4, -0.2) is 25.8 Å². The number of benzene rings is 1. The molecule has 2 aromatic heterocycles. The fourth-order valence-electron chi connectivity index (χ4n) is 2.26. The van der Waals surface area contributed by atoms with Crippen molar-refractivity contribution in [1.82, 2.24) is 30.4 Å². The number of nitrogens with zero attached hydrogens (tertiary/aromatic N) is 4. The second kappa shape index (κ2) is 7.36. The number of hydrogen-bond acceptors (Lipinski definition) is 4. The molecular formula is C17H18N6O. The molecular weight excluding hydrogens is 304 g/mol. The lowest BCUT2D eigenvalue weighted by molar-refractivity contribution is 0.237. The molecule has 0 fully saturated rings. The summed E-state index contributed by atoms with van der Waals surface area (Å²) in [6.45, 7) is 2.33. The number of hydrogen-bond donors (Lipinski definition) is 2. The SMILES string of the molecule is CC(NC(=O)NCc1ccccn1)c1ccc(-n2cncn2)cc1. The van der Waals surface area contributed by atoms with Gasteiger partial charge in [-0.05, 0) is 36.8 Å². The second-order valence-corrected chi connectivity index (χ2v) is 5.30. The van der Waals surface area contributed by atoms with Gasteiger partial charge in [0.1, 0.15) is 12.7 Å². The van der Waals surface area contributed by atoms with Crippen molar-refractivity contribution >= 4 is 6.03 Å². The molecule has 2 amide bonds. The Bertz CT molecular complexity index is 771. The predicted octanol–water partition coefficient (Wildman–Crippen LogP) is 2.22. The highest BCUT2D eigenvalue weighted by molar-refractivity contribution is 5.74. The number of carbonyl (C=O) groups is 1. The molecule has 7 nitrogen and oxygen atoms in total. The lowest BCUT2D eigenvalue weighted by Gasteiger charge is -2.15. The third-order valence-electron chi connectivity index (χ3n) is 3.58. The molecule has 0 radical (unpaired) electrons. The smallest absolute Gasteiger partial charge is 0.315 e. The van der Waals surface area contributed by atoms with Gasteiger partial charge in [0.25, 0.3) is 0 Å². The first kappa shape index (κ1) is 15.7. The van der Waals surface area contributed by atoms with Crippen LogP contribution < -0.4 is 10.6 Å². The van der Waals surface area contributed by atoms with Gasteiger partial charge in [-0.1, -0.05) is 18.2 Å². The minimum absolute atomic E-state index is 0.112. The zero-order valence-corrected chi connectivity index (χ0v) is 13.3. The summed E-state index contributed by atoms with van der Waals surface area (Å²) >= 11 is 0. The van der Waals surface area contributed by atoms with E-state index in [0.29, 0.717) is 6.54 Å². The predicted molar refractivity (Wildman–Crippen MR) is 89.4 cm³/mol. The van der Waals surface area contributed by atoms with Crippen LogP contribution in [0, 0.1) is 0 Å². The summed E-state index contributed by atoms with van der Waals surface area (Å²) in [7, 11) is 0. The molecule has 2 heterocycles. The summed E-state index contributed by atoms with van der Waals surface area (Å²) in [4.78, 5) is 20.1. The van der Waals surface area contributed by atoms with Crippen LogP contribution in [0.2, 0.25) is 0 Å². The van der Waals surface area contributed by atoms with Crippen molar-refractivity contribution < 1.29 is 4.79 Å². The summed E-state index contributed by atoms with van der Waals surface area (Å²) < 4.78 is 1.68. The van der Waals surface area contributed by atoms with Crippen molar-refractivity contribution in [2.24, 2.45) is 0 Å². The van der Waals surface area contributed by atoms with Gasteiger partial charge in [-0.15, -0.1) is 0 Å². The van der Waals surface area contributed by atoms with Gasteiger partial charge >= 0.3 is 6.03 Å². The fourth-order valence-corrected chi connectivity index (χ4v) is 2.26. The standard InChI is InChI=1S/C17H18N6O/c1-13(22-17(24)20-10-15-4-2-3-9-19-15)14-5-7-16(8-6-14)23-12-18-11-21-23/h2-9,11-13H,10H2,1H3,(H2,20,22,24). The molecule has 122 valence electrons. The van der Waals surface area contributed by atoms with Crippen molar-refractivity contribution in [2.75, 3.05) is 0 Å². The first-order valence-electron chi connectivity index (χ1n) is 7.61. The van der Waals surface area contributed by atoms with E-state index in [1.807, 2.05) is 49.4 Å². The maximum absolute atomic E-state index is 12.0. The quantitative estimate of drug-likeness (QED) is 0.754. The average Bonchev–Trinajstić information content (AvgIpc) is 3.16. The number of nitrogens with one attached hydrogen (secondary N) is 2. The van der Waals surface area contributed by atoms with Gasteiger partial charge in [0, 0.05) is 6.20 Å². The van der Waals surface area contributed by atoms with Gasteiger partial charge in [-0.25, -0.2) is 14.5 Å². The normalized spacial score (nSPS) is 11.7. The molecule has 0 saturated carbocycles. The van der Waals surface area contributed by atoms with E-state index in [1.165, 1.54) is 6.33 Å². The van der Waals surface area contributed by atoms with Crippen molar-refractivity contribution in [3.8, 4) is 5.69 Å². The number of aromatic nitrogens is 4. The van der Waals surface area contributed by atoms with E-state index in [2.05, 4.69) is 25.7 Å². The lowest BCUT2D eigenvalue weighted by atomic mass is 10.1. The molecule has 1 unspecified atom stereocenters. The van der Waals surface area contributed by atoms with Crippen LogP contribution in [0.1, 0.15) is 24.2 Å². The van der Waals surface area contributed by atoms with E-state index in [4.69, 9.17) is 0 Å². The molecule has 1 aromatic carbocycles. The zero-order valence-electron chi connectivity index (χ0n) is 13.3. The molecule has 0 saturated heterocycles. The van der Waals surface area contributed by atoms with Gasteiger partial charge in [0.15, 0.2) is 0 Å². The Balaban J connectivity index is 1.54. The van der Waals surface area contributed by atoms with Crippen LogP contribution >= 0.6 is 0 Å². The lowest BCUT2D eigenvalue weighted by Crippen LogP contribution is -2.36. The molecule has 0 aliphatic rings. The van der Waals surface area contributed by atoms with Crippen LogP contribution in [0.25, 0.3) is 5.69 Å². The molecule has 2 N–H and O–H groups in total. The Kier molecular flexibility index (Phi) is 4.81. The first-order valence-corrected chi connectivity index (χ1v) is 7.61. The number of rotatable bonds is 5. The van der Waals surface area contributed by atoms with E-state index in [1.54, 1.807) is 17.2 Å². The number of amides is 2. The third kappa shape index (κ3) is 3.95. The third-order valence-corrected chi connectivity index (χ3v) is 3.58. The maximum Gasteiger partial charge on any atom is 0.315 e. The van der Waals surface area contributed by atoms with Gasteiger partial charge in [-0.3, -0.25) is 4.98 Å². The van der Waals surface area contributed by atoms with Gasteiger partial charge < -0.3 is 10.6 Å². The van der Waals surface area contributed by atoms with E-state index < -0.39 is 0 Å².